The summed E-state index contributed by atoms with van der Waals surface area (Å²) >= 11 is 0. The van der Waals surface area contributed by atoms with Gasteiger partial charge in [-0.25, -0.2) is 4.79 Å². The van der Waals surface area contributed by atoms with E-state index in [9.17, 15) is 9.59 Å². The van der Waals surface area contributed by atoms with E-state index < -0.39 is 17.6 Å². The Kier molecular flexibility index (Phi) is 5.28. The summed E-state index contributed by atoms with van der Waals surface area (Å²) in [5.41, 5.74) is -0.738. The summed E-state index contributed by atoms with van der Waals surface area (Å²) < 4.78 is 0. The molecular weight excluding hydrogens is 196 g/mol. The minimum Gasteiger partial charge on any atom is -0.480 e. The topological polar surface area (TPSA) is 78.4 Å². The smallest absolute Gasteiger partial charge is 0.326 e. The van der Waals surface area contributed by atoms with Gasteiger partial charge in [-0.05, 0) is 26.8 Å². The average Bonchev–Trinajstić information content (AvgIpc) is 2.12. The molecule has 0 unspecified atom stereocenters. The molecule has 0 saturated carbocycles. The summed E-state index contributed by atoms with van der Waals surface area (Å²) in [6.07, 6.45) is 0.378. The maximum absolute atomic E-state index is 11.7. The van der Waals surface area contributed by atoms with Gasteiger partial charge in [0.15, 0.2) is 0 Å². The van der Waals surface area contributed by atoms with Gasteiger partial charge in [0.1, 0.15) is 6.04 Å². The van der Waals surface area contributed by atoms with Crippen molar-refractivity contribution in [3.63, 3.8) is 0 Å². The molecule has 3 N–H and O–H groups in total. The lowest BCUT2D eigenvalue weighted by Crippen LogP contribution is -2.56. The number of amides is 1. The second-order valence-corrected chi connectivity index (χ2v) is 3.93. The molecule has 0 heterocycles. The Morgan fingerprint density at radius 3 is 2.20 bits per heavy atom. The van der Waals surface area contributed by atoms with Crippen LogP contribution in [-0.4, -0.2) is 35.1 Å². The molecule has 1 amide bonds. The number of nitrogens with one attached hydrogen (secondary N) is 2. The van der Waals surface area contributed by atoms with Gasteiger partial charge in [0, 0.05) is 0 Å². The van der Waals surface area contributed by atoms with Gasteiger partial charge in [-0.3, -0.25) is 4.79 Å². The van der Waals surface area contributed by atoms with Crippen molar-refractivity contribution in [3.8, 4) is 0 Å². The van der Waals surface area contributed by atoms with E-state index in [0.29, 0.717) is 13.0 Å². The lowest BCUT2D eigenvalue weighted by atomic mass is 10.0. The molecule has 0 aliphatic rings. The quantitative estimate of drug-likeness (QED) is 0.599. The second kappa shape index (κ2) is 5.70. The van der Waals surface area contributed by atoms with Crippen LogP contribution in [0.15, 0.2) is 0 Å². The fourth-order valence-corrected chi connectivity index (χ4v) is 1.20. The zero-order valence-electron chi connectivity index (χ0n) is 9.76. The fourth-order valence-electron chi connectivity index (χ4n) is 1.20. The van der Waals surface area contributed by atoms with Crippen LogP contribution >= 0.6 is 0 Å². The van der Waals surface area contributed by atoms with Gasteiger partial charge in [-0.2, -0.15) is 0 Å². The van der Waals surface area contributed by atoms with Crippen LogP contribution in [0, 0.1) is 0 Å². The van der Waals surface area contributed by atoms with Crippen molar-refractivity contribution in [3.05, 3.63) is 0 Å². The van der Waals surface area contributed by atoms with Crippen molar-refractivity contribution in [1.29, 1.82) is 0 Å². The largest absolute Gasteiger partial charge is 0.480 e. The van der Waals surface area contributed by atoms with Crippen LogP contribution in [0.5, 0.6) is 0 Å². The highest BCUT2D eigenvalue weighted by Gasteiger charge is 2.29. The predicted molar refractivity (Wildman–Crippen MR) is 57.6 cm³/mol. The molecule has 0 aromatic heterocycles. The van der Waals surface area contributed by atoms with E-state index in [1.807, 2.05) is 6.92 Å². The third-order valence-corrected chi connectivity index (χ3v) is 2.20. The number of hydrogen-bond acceptors (Lipinski definition) is 3. The number of carbonyl (C=O) groups excluding carboxylic acids is 1. The summed E-state index contributed by atoms with van der Waals surface area (Å²) in [5.74, 6) is -1.29. The van der Waals surface area contributed by atoms with E-state index in [1.54, 1.807) is 20.8 Å². The van der Waals surface area contributed by atoms with Crippen molar-refractivity contribution < 1.29 is 14.7 Å². The van der Waals surface area contributed by atoms with E-state index in [1.165, 1.54) is 0 Å². The third kappa shape index (κ3) is 4.29. The molecule has 5 nitrogen and oxygen atoms in total. The highest BCUT2D eigenvalue weighted by Crippen LogP contribution is 2.03. The third-order valence-electron chi connectivity index (χ3n) is 2.20. The summed E-state index contributed by atoms with van der Waals surface area (Å²) in [5, 5.41) is 14.3. The predicted octanol–water partition coefficient (Wildman–Crippen LogP) is 0.354. The maximum Gasteiger partial charge on any atom is 0.326 e. The Bertz CT molecular complexity index is 239. The molecule has 0 aliphatic carbocycles. The van der Waals surface area contributed by atoms with Gasteiger partial charge in [0.25, 0.3) is 0 Å². The van der Waals surface area contributed by atoms with E-state index in [-0.39, 0.29) is 5.91 Å². The molecule has 0 fully saturated rings. The van der Waals surface area contributed by atoms with Gasteiger partial charge in [0.2, 0.25) is 5.91 Å². The van der Waals surface area contributed by atoms with Gasteiger partial charge < -0.3 is 15.7 Å². The Balaban J connectivity index is 4.40. The van der Waals surface area contributed by atoms with Gasteiger partial charge in [0.05, 0.1) is 5.54 Å². The van der Waals surface area contributed by atoms with Crippen LogP contribution in [-0.2, 0) is 9.59 Å². The average molecular weight is 216 g/mol. The fraction of sp³-hybridized carbons (Fsp3) is 0.800. The van der Waals surface area contributed by atoms with E-state index in [4.69, 9.17) is 5.11 Å². The molecule has 15 heavy (non-hydrogen) atoms. The van der Waals surface area contributed by atoms with Crippen molar-refractivity contribution in [2.45, 2.75) is 45.7 Å². The van der Waals surface area contributed by atoms with Crippen LogP contribution < -0.4 is 10.6 Å². The molecule has 0 rings (SSSR count). The molecule has 88 valence electrons. The number of carboxylic acid groups (broad SMARTS) is 1. The highest BCUT2D eigenvalue weighted by atomic mass is 16.4. The van der Waals surface area contributed by atoms with Gasteiger partial charge >= 0.3 is 5.97 Å². The van der Waals surface area contributed by atoms with E-state index >= 15 is 0 Å². The standard InChI is InChI=1S/C10H20N2O3/c1-5-7(8(13)14)12-9(15)10(3,4)11-6-2/h7,11H,5-6H2,1-4H3,(H,12,15)(H,13,14)/t7-/m1/s1. The molecular formula is C10H20N2O3. The molecule has 0 saturated heterocycles. The Morgan fingerprint density at radius 2 is 1.87 bits per heavy atom. The van der Waals surface area contributed by atoms with Crippen LogP contribution in [0.4, 0.5) is 0 Å². The summed E-state index contributed by atoms with van der Waals surface area (Å²) in [6, 6.07) is -0.810. The first kappa shape index (κ1) is 13.9. The first-order valence-electron chi connectivity index (χ1n) is 5.14. The SMILES string of the molecule is CCNC(C)(C)C(=O)N[C@H](CC)C(=O)O. The van der Waals surface area contributed by atoms with Crippen molar-refractivity contribution in [1.82, 2.24) is 10.6 Å². The molecule has 0 aliphatic heterocycles. The molecule has 0 bridgehead atoms. The molecule has 5 heteroatoms. The lowest BCUT2D eigenvalue weighted by Gasteiger charge is -2.26. The Morgan fingerprint density at radius 1 is 1.33 bits per heavy atom. The van der Waals surface area contributed by atoms with Crippen LogP contribution in [0.3, 0.4) is 0 Å². The molecule has 0 aromatic rings. The lowest BCUT2D eigenvalue weighted by molar-refractivity contribution is -0.142. The number of likely N-dealkylation sites (N-methyl/N-ethyl adjacent to an activating group) is 1. The van der Waals surface area contributed by atoms with Crippen LogP contribution in [0.25, 0.3) is 0 Å². The van der Waals surface area contributed by atoms with Crippen LogP contribution in [0.2, 0.25) is 0 Å². The Hall–Kier alpha value is -1.10. The summed E-state index contributed by atoms with van der Waals surface area (Å²) in [7, 11) is 0. The number of carbonyl (C=O) groups is 2. The van der Waals surface area contributed by atoms with E-state index in [0.717, 1.165) is 0 Å². The number of carboxylic acids is 1. The van der Waals surface area contributed by atoms with E-state index in [2.05, 4.69) is 10.6 Å². The monoisotopic (exact) mass is 216 g/mol. The zero-order valence-corrected chi connectivity index (χ0v) is 9.76. The first-order chi connectivity index (χ1) is 6.85. The number of rotatable bonds is 6. The Labute approximate surface area is 90.2 Å². The summed E-state index contributed by atoms with van der Waals surface area (Å²) in [6.45, 7) is 7.72. The highest BCUT2D eigenvalue weighted by molar-refractivity contribution is 5.89. The zero-order chi connectivity index (χ0) is 12.1. The molecule has 1 atom stereocenters. The van der Waals surface area contributed by atoms with Crippen molar-refractivity contribution in [2.24, 2.45) is 0 Å². The van der Waals surface area contributed by atoms with Gasteiger partial charge in [-0.1, -0.05) is 13.8 Å². The number of aliphatic carboxylic acids is 1. The normalized spacial score (nSPS) is 13.3. The maximum atomic E-state index is 11.7. The molecule has 0 spiro atoms. The van der Waals surface area contributed by atoms with Crippen molar-refractivity contribution >= 4 is 11.9 Å². The van der Waals surface area contributed by atoms with Gasteiger partial charge in [-0.15, -0.1) is 0 Å². The number of hydrogen-bond donors (Lipinski definition) is 3. The second-order valence-electron chi connectivity index (χ2n) is 3.93. The minimum absolute atomic E-state index is 0.293. The molecule has 0 radical (unpaired) electrons. The van der Waals surface area contributed by atoms with Crippen molar-refractivity contribution in [2.75, 3.05) is 6.54 Å². The summed E-state index contributed by atoms with van der Waals surface area (Å²) in [4.78, 5) is 22.4. The minimum atomic E-state index is -1.00. The van der Waals surface area contributed by atoms with Crippen LogP contribution in [0.1, 0.15) is 34.1 Å². The first-order valence-corrected chi connectivity index (χ1v) is 5.14. The molecule has 0 aromatic carbocycles.